The number of alkyl halides is 3. The maximum atomic E-state index is 12.9. The van der Waals surface area contributed by atoms with E-state index in [9.17, 15) is 26.4 Å². The van der Waals surface area contributed by atoms with E-state index in [1.807, 2.05) is 0 Å². The summed E-state index contributed by atoms with van der Waals surface area (Å²) in [4.78, 5) is 16.3. The monoisotopic (exact) mass is 433 g/mol. The number of hydrogen-bond donors (Lipinski definition) is 1. The molecular formula is C18H22F3N3O4S. The molecule has 7 nitrogen and oxygen atoms in total. The van der Waals surface area contributed by atoms with E-state index in [4.69, 9.17) is 4.84 Å². The normalized spacial score (nSPS) is 18.8. The van der Waals surface area contributed by atoms with E-state index in [0.717, 1.165) is 41.8 Å². The second-order valence-corrected chi connectivity index (χ2v) is 8.99. The minimum Gasteiger partial charge on any atom is -0.386 e. The predicted molar refractivity (Wildman–Crippen MR) is 98.6 cm³/mol. The van der Waals surface area contributed by atoms with E-state index in [1.54, 1.807) is 0 Å². The Kier molecular flexibility index (Phi) is 6.47. The van der Waals surface area contributed by atoms with Crippen molar-refractivity contribution in [1.82, 2.24) is 9.62 Å². The van der Waals surface area contributed by atoms with Crippen LogP contribution in [-0.4, -0.2) is 50.1 Å². The molecule has 0 bridgehead atoms. The van der Waals surface area contributed by atoms with Crippen molar-refractivity contribution in [2.45, 2.75) is 49.2 Å². The van der Waals surface area contributed by atoms with Crippen molar-refractivity contribution in [3.63, 3.8) is 0 Å². The van der Waals surface area contributed by atoms with Crippen molar-refractivity contribution >= 4 is 21.6 Å². The molecule has 0 unspecified atom stereocenters. The lowest BCUT2D eigenvalue weighted by Gasteiger charge is -2.27. The van der Waals surface area contributed by atoms with E-state index in [2.05, 4.69) is 10.5 Å². The third-order valence-corrected chi connectivity index (χ3v) is 6.85. The van der Waals surface area contributed by atoms with Gasteiger partial charge in [-0.05, 0) is 37.5 Å². The molecule has 1 saturated heterocycles. The highest BCUT2D eigenvalue weighted by Crippen LogP contribution is 2.31. The van der Waals surface area contributed by atoms with Gasteiger partial charge < -0.3 is 10.2 Å². The Bertz CT molecular complexity index is 873. The number of carbonyl (C=O) groups excluding carboxylic acids is 1. The van der Waals surface area contributed by atoms with Crippen LogP contribution >= 0.6 is 0 Å². The van der Waals surface area contributed by atoms with Crippen LogP contribution in [0.2, 0.25) is 0 Å². The number of nitrogens with zero attached hydrogens (tertiary/aromatic N) is 2. The number of piperidine rings is 1. The van der Waals surface area contributed by atoms with Gasteiger partial charge in [-0.2, -0.15) is 17.5 Å². The van der Waals surface area contributed by atoms with Gasteiger partial charge >= 0.3 is 6.18 Å². The predicted octanol–water partition coefficient (Wildman–Crippen LogP) is 2.53. The largest absolute Gasteiger partial charge is 0.416 e. The lowest BCUT2D eigenvalue weighted by Crippen LogP contribution is -2.41. The lowest BCUT2D eigenvalue weighted by molar-refractivity contribution is -0.137. The first-order valence-corrected chi connectivity index (χ1v) is 10.7. The summed E-state index contributed by atoms with van der Waals surface area (Å²) in [6.07, 6.45) is -1.01. The summed E-state index contributed by atoms with van der Waals surface area (Å²) in [5.74, 6) is -0.247. The molecule has 0 aromatic heterocycles. The number of benzene rings is 1. The highest BCUT2D eigenvalue weighted by molar-refractivity contribution is 7.89. The second kappa shape index (κ2) is 8.70. The lowest BCUT2D eigenvalue weighted by atomic mass is 9.93. The first kappa shape index (κ1) is 21.6. The van der Waals surface area contributed by atoms with Crippen molar-refractivity contribution in [2.24, 2.45) is 5.16 Å². The number of rotatable bonds is 6. The Morgan fingerprint density at radius 3 is 2.52 bits per heavy atom. The highest BCUT2D eigenvalue weighted by atomic mass is 32.2. The quantitative estimate of drug-likeness (QED) is 0.699. The fraction of sp³-hybridized carbons (Fsp3) is 0.556. The number of hydrogen-bond acceptors (Lipinski definition) is 5. The molecule has 1 amide bonds. The molecule has 0 radical (unpaired) electrons. The average Bonchev–Trinajstić information content (AvgIpc) is 2.65. The fourth-order valence-electron chi connectivity index (χ4n) is 3.06. The van der Waals surface area contributed by atoms with Crippen molar-refractivity contribution < 1.29 is 31.2 Å². The maximum absolute atomic E-state index is 12.9. The number of nitrogens with one attached hydrogen (secondary N) is 1. The third kappa shape index (κ3) is 5.47. The molecule has 2 fully saturated rings. The summed E-state index contributed by atoms with van der Waals surface area (Å²) in [5, 5.41) is 6.71. The SMILES string of the molecule is O=C(CON=C1CCN(S(=O)(=O)c2cccc(C(F)(F)F)c2)CC1)NC1CCC1. The van der Waals surface area contributed by atoms with Crippen LogP contribution in [-0.2, 0) is 25.8 Å². The zero-order valence-corrected chi connectivity index (χ0v) is 16.4. The molecule has 1 aromatic rings. The van der Waals surface area contributed by atoms with E-state index in [-0.39, 0.29) is 44.5 Å². The molecule has 1 aromatic carbocycles. The fourth-order valence-corrected chi connectivity index (χ4v) is 4.55. The molecule has 1 N–H and O–H groups in total. The van der Waals surface area contributed by atoms with Gasteiger partial charge in [-0.3, -0.25) is 4.79 Å². The summed E-state index contributed by atoms with van der Waals surface area (Å²) in [7, 11) is -4.04. The van der Waals surface area contributed by atoms with Crippen LogP contribution in [0.3, 0.4) is 0 Å². The summed E-state index contributed by atoms with van der Waals surface area (Å²) >= 11 is 0. The van der Waals surface area contributed by atoms with Crippen LogP contribution < -0.4 is 5.32 Å². The van der Waals surface area contributed by atoms with Crippen LogP contribution in [0.5, 0.6) is 0 Å². The van der Waals surface area contributed by atoms with Gasteiger partial charge in [0, 0.05) is 32.0 Å². The highest BCUT2D eigenvalue weighted by Gasteiger charge is 2.33. The molecule has 160 valence electrons. The Morgan fingerprint density at radius 2 is 1.93 bits per heavy atom. The summed E-state index contributed by atoms with van der Waals surface area (Å²) in [6, 6.07) is 3.91. The van der Waals surface area contributed by atoms with Crippen LogP contribution in [0.25, 0.3) is 0 Å². The molecule has 1 saturated carbocycles. The molecule has 29 heavy (non-hydrogen) atoms. The topological polar surface area (TPSA) is 88.1 Å². The van der Waals surface area contributed by atoms with Gasteiger partial charge in [0.2, 0.25) is 10.0 Å². The summed E-state index contributed by atoms with van der Waals surface area (Å²) < 4.78 is 65.0. The van der Waals surface area contributed by atoms with Gasteiger partial charge in [0.05, 0.1) is 16.2 Å². The average molecular weight is 433 g/mol. The first-order chi connectivity index (χ1) is 13.7. The molecule has 0 spiro atoms. The Morgan fingerprint density at radius 1 is 1.24 bits per heavy atom. The van der Waals surface area contributed by atoms with Crippen LogP contribution in [0.15, 0.2) is 34.3 Å². The molecule has 1 aliphatic carbocycles. The molecule has 0 atom stereocenters. The number of sulfonamides is 1. The van der Waals surface area contributed by atoms with Gasteiger partial charge in [0.1, 0.15) is 0 Å². The van der Waals surface area contributed by atoms with Gasteiger partial charge in [-0.15, -0.1) is 0 Å². The molecule has 1 aliphatic heterocycles. The Hall–Kier alpha value is -2.14. The number of halogens is 3. The van der Waals surface area contributed by atoms with Crippen molar-refractivity contribution in [3.05, 3.63) is 29.8 Å². The van der Waals surface area contributed by atoms with E-state index < -0.39 is 26.7 Å². The van der Waals surface area contributed by atoms with Gasteiger partial charge in [0.15, 0.2) is 6.61 Å². The first-order valence-electron chi connectivity index (χ1n) is 9.31. The van der Waals surface area contributed by atoms with Crippen molar-refractivity contribution in [3.8, 4) is 0 Å². The Labute approximate surface area is 166 Å². The van der Waals surface area contributed by atoms with E-state index in [0.29, 0.717) is 11.8 Å². The summed E-state index contributed by atoms with van der Waals surface area (Å²) in [5.41, 5.74) is -0.400. The number of amides is 1. The molecule has 2 aliphatic rings. The van der Waals surface area contributed by atoms with Crippen molar-refractivity contribution in [1.29, 1.82) is 0 Å². The molecule has 3 rings (SSSR count). The molecule has 1 heterocycles. The standard InChI is InChI=1S/C18H22F3N3O4S/c19-18(20,21)13-3-1-6-16(11-13)29(26,27)24-9-7-15(8-10-24)23-28-12-17(25)22-14-4-2-5-14/h1,3,6,11,14H,2,4-5,7-10,12H2,(H,22,25). The number of carbonyl (C=O) groups is 1. The zero-order valence-electron chi connectivity index (χ0n) is 15.6. The molecular weight excluding hydrogens is 411 g/mol. The molecule has 11 heteroatoms. The smallest absolute Gasteiger partial charge is 0.386 e. The maximum Gasteiger partial charge on any atom is 0.416 e. The van der Waals surface area contributed by atoms with Crippen molar-refractivity contribution in [2.75, 3.05) is 19.7 Å². The van der Waals surface area contributed by atoms with Crippen LogP contribution in [0, 0.1) is 0 Å². The second-order valence-electron chi connectivity index (χ2n) is 7.06. The summed E-state index contributed by atoms with van der Waals surface area (Å²) in [6.45, 7) is -0.0453. The minimum absolute atomic E-state index is 0.0784. The zero-order chi connectivity index (χ0) is 21.1. The van der Waals surface area contributed by atoms with Crippen LogP contribution in [0.4, 0.5) is 13.2 Å². The Balaban J connectivity index is 1.53. The van der Waals surface area contributed by atoms with E-state index in [1.165, 1.54) is 0 Å². The van der Waals surface area contributed by atoms with Crippen LogP contribution in [0.1, 0.15) is 37.7 Å². The van der Waals surface area contributed by atoms with Gasteiger partial charge in [-0.25, -0.2) is 8.42 Å². The van der Waals surface area contributed by atoms with Gasteiger partial charge in [-0.1, -0.05) is 11.2 Å². The van der Waals surface area contributed by atoms with E-state index >= 15 is 0 Å². The van der Waals surface area contributed by atoms with Gasteiger partial charge in [0.25, 0.3) is 5.91 Å². The minimum atomic E-state index is -4.62. The number of oxime groups is 1. The third-order valence-electron chi connectivity index (χ3n) is 4.96.